The van der Waals surface area contributed by atoms with Crippen LogP contribution in [-0.4, -0.2) is 26.4 Å². The van der Waals surface area contributed by atoms with Crippen LogP contribution in [0.1, 0.15) is 36.0 Å². The van der Waals surface area contributed by atoms with Crippen molar-refractivity contribution in [3.8, 4) is 5.75 Å². The molecule has 3 heteroatoms. The Morgan fingerprint density at radius 2 is 1.79 bits per heavy atom. The average Bonchev–Trinajstić information content (AvgIpc) is 2.61. The second-order valence-corrected chi connectivity index (χ2v) is 6.52. The molecular weight excluding hydrogens is 296 g/mol. The van der Waals surface area contributed by atoms with Crippen molar-refractivity contribution in [3.63, 3.8) is 0 Å². The summed E-state index contributed by atoms with van der Waals surface area (Å²) >= 11 is 0. The number of hydrogen-bond donors (Lipinski definition) is 0. The number of benzene rings is 2. The van der Waals surface area contributed by atoms with Gasteiger partial charge in [0, 0.05) is 36.6 Å². The quantitative estimate of drug-likeness (QED) is 0.736. The topological polar surface area (TPSA) is 24.8 Å². The maximum absolute atomic E-state index is 5.60. The molecule has 0 aromatic heterocycles. The van der Waals surface area contributed by atoms with Gasteiger partial charge in [-0.25, -0.2) is 0 Å². The van der Waals surface area contributed by atoms with E-state index in [2.05, 4.69) is 60.1 Å². The molecule has 3 rings (SSSR count). The number of rotatable bonds is 4. The summed E-state index contributed by atoms with van der Waals surface area (Å²) in [6.07, 6.45) is 5.79. The number of methoxy groups -OCH3 is 1. The van der Waals surface area contributed by atoms with Gasteiger partial charge < -0.3 is 9.64 Å². The Morgan fingerprint density at radius 1 is 1.00 bits per heavy atom. The van der Waals surface area contributed by atoms with Crippen LogP contribution in [0.3, 0.4) is 0 Å². The molecule has 0 atom stereocenters. The summed E-state index contributed by atoms with van der Waals surface area (Å²) in [5, 5.41) is 0. The molecule has 1 saturated heterocycles. The van der Waals surface area contributed by atoms with Crippen molar-refractivity contribution in [2.75, 3.05) is 25.1 Å². The van der Waals surface area contributed by atoms with Crippen LogP contribution >= 0.6 is 0 Å². The highest BCUT2D eigenvalue weighted by molar-refractivity contribution is 5.86. The van der Waals surface area contributed by atoms with Gasteiger partial charge in [0.05, 0.1) is 12.8 Å². The Hall–Kier alpha value is -2.29. The van der Waals surface area contributed by atoms with E-state index in [1.165, 1.54) is 36.1 Å². The molecule has 0 amide bonds. The van der Waals surface area contributed by atoms with Gasteiger partial charge in [0.25, 0.3) is 0 Å². The molecule has 1 fully saturated rings. The molecule has 0 N–H and O–H groups in total. The molecule has 126 valence electrons. The van der Waals surface area contributed by atoms with E-state index in [1.807, 2.05) is 6.21 Å². The maximum atomic E-state index is 5.60. The zero-order valence-corrected chi connectivity index (χ0v) is 14.9. The molecule has 0 unspecified atom stereocenters. The van der Waals surface area contributed by atoms with Crippen LogP contribution in [-0.2, 0) is 0 Å². The lowest BCUT2D eigenvalue weighted by Gasteiger charge is -2.29. The van der Waals surface area contributed by atoms with Crippen molar-refractivity contribution in [1.29, 1.82) is 0 Å². The molecule has 0 bridgehead atoms. The largest absolute Gasteiger partial charge is 0.496 e. The first-order valence-electron chi connectivity index (χ1n) is 8.71. The first kappa shape index (κ1) is 16.6. The van der Waals surface area contributed by atoms with Gasteiger partial charge in [-0.3, -0.25) is 4.99 Å². The summed E-state index contributed by atoms with van der Waals surface area (Å²) in [6, 6.07) is 12.7. The molecule has 0 aliphatic carbocycles. The van der Waals surface area contributed by atoms with Crippen molar-refractivity contribution in [2.45, 2.75) is 33.1 Å². The summed E-state index contributed by atoms with van der Waals surface area (Å²) in [5.74, 6) is 0.881. The number of piperidine rings is 1. The Bertz CT molecular complexity index is 731. The number of aryl methyl sites for hydroxylation is 2. The fraction of sp³-hybridized carbons (Fsp3) is 0.381. The summed E-state index contributed by atoms with van der Waals surface area (Å²) in [7, 11) is 1.73. The zero-order valence-electron chi connectivity index (χ0n) is 14.9. The molecule has 24 heavy (non-hydrogen) atoms. The van der Waals surface area contributed by atoms with Crippen LogP contribution in [0.5, 0.6) is 5.75 Å². The van der Waals surface area contributed by atoms with E-state index < -0.39 is 0 Å². The lowest BCUT2D eigenvalue weighted by Crippen LogP contribution is -2.29. The first-order chi connectivity index (χ1) is 11.7. The summed E-state index contributed by atoms with van der Waals surface area (Å²) in [5.41, 5.74) is 5.71. The van der Waals surface area contributed by atoms with Crippen LogP contribution in [0.2, 0.25) is 0 Å². The molecule has 2 aromatic carbocycles. The van der Waals surface area contributed by atoms with Crippen molar-refractivity contribution in [2.24, 2.45) is 4.99 Å². The molecule has 0 saturated carbocycles. The third-order valence-electron chi connectivity index (χ3n) is 4.63. The van der Waals surface area contributed by atoms with Crippen molar-refractivity contribution < 1.29 is 4.74 Å². The lowest BCUT2D eigenvalue weighted by atomic mass is 10.1. The van der Waals surface area contributed by atoms with E-state index in [0.29, 0.717) is 0 Å². The smallest absolute Gasteiger partial charge is 0.129 e. The van der Waals surface area contributed by atoms with E-state index in [0.717, 1.165) is 30.1 Å². The number of ether oxygens (including phenoxy) is 1. The first-order valence-corrected chi connectivity index (χ1v) is 8.71. The fourth-order valence-corrected chi connectivity index (χ4v) is 3.24. The van der Waals surface area contributed by atoms with Gasteiger partial charge in [-0.1, -0.05) is 17.7 Å². The molecule has 2 aromatic rings. The van der Waals surface area contributed by atoms with Gasteiger partial charge in [-0.05, 0) is 56.9 Å². The molecule has 3 nitrogen and oxygen atoms in total. The second-order valence-electron chi connectivity index (χ2n) is 6.52. The fourth-order valence-electron chi connectivity index (χ4n) is 3.24. The average molecular weight is 322 g/mol. The highest BCUT2D eigenvalue weighted by Gasteiger charge is 2.12. The van der Waals surface area contributed by atoms with Gasteiger partial charge in [0.15, 0.2) is 0 Å². The Kier molecular flexibility index (Phi) is 5.19. The van der Waals surface area contributed by atoms with E-state index in [9.17, 15) is 0 Å². The number of nitrogens with zero attached hydrogens (tertiary/aromatic N) is 2. The highest BCUT2D eigenvalue weighted by Crippen LogP contribution is 2.27. The summed E-state index contributed by atoms with van der Waals surface area (Å²) < 4.78 is 5.60. The van der Waals surface area contributed by atoms with Crippen LogP contribution in [0.15, 0.2) is 41.4 Å². The van der Waals surface area contributed by atoms with Crippen LogP contribution < -0.4 is 9.64 Å². The highest BCUT2D eigenvalue weighted by atomic mass is 16.5. The zero-order chi connectivity index (χ0) is 16.9. The van der Waals surface area contributed by atoms with E-state index in [-0.39, 0.29) is 0 Å². The number of hydrogen-bond acceptors (Lipinski definition) is 3. The van der Waals surface area contributed by atoms with Crippen LogP contribution in [0.4, 0.5) is 11.4 Å². The molecule has 1 aliphatic rings. The summed E-state index contributed by atoms with van der Waals surface area (Å²) in [4.78, 5) is 7.09. The van der Waals surface area contributed by atoms with E-state index in [1.54, 1.807) is 7.11 Å². The number of aliphatic imine (C=N–C) groups is 1. The van der Waals surface area contributed by atoms with Gasteiger partial charge in [0.2, 0.25) is 0 Å². The molecular formula is C21H26N2O. The lowest BCUT2D eigenvalue weighted by molar-refractivity contribution is 0.414. The predicted octanol–water partition coefficient (Wildman–Crippen LogP) is 5.05. The SMILES string of the molecule is COc1cc(N2CCCCC2)ccc1C=Nc1ccc(C)cc1C. The monoisotopic (exact) mass is 322 g/mol. The normalized spacial score (nSPS) is 15.0. The van der Waals surface area contributed by atoms with Crippen molar-refractivity contribution in [1.82, 2.24) is 0 Å². The second kappa shape index (κ2) is 7.52. The minimum atomic E-state index is 0.881. The predicted molar refractivity (Wildman–Crippen MR) is 102 cm³/mol. The van der Waals surface area contributed by atoms with Crippen LogP contribution in [0, 0.1) is 13.8 Å². The Labute approximate surface area is 145 Å². The summed E-state index contributed by atoms with van der Waals surface area (Å²) in [6.45, 7) is 6.47. The minimum Gasteiger partial charge on any atom is -0.496 e. The number of anilines is 1. The van der Waals surface area contributed by atoms with Crippen LogP contribution in [0.25, 0.3) is 0 Å². The molecule has 0 spiro atoms. The third-order valence-corrected chi connectivity index (χ3v) is 4.63. The van der Waals surface area contributed by atoms with Crippen molar-refractivity contribution >= 4 is 17.6 Å². The minimum absolute atomic E-state index is 0.881. The molecule has 0 radical (unpaired) electrons. The standard InChI is InChI=1S/C21H26N2O/c1-16-7-10-20(17(2)13-16)22-15-18-8-9-19(14-21(18)24-3)23-11-5-4-6-12-23/h7-10,13-15H,4-6,11-12H2,1-3H3. The Balaban J connectivity index is 1.83. The third kappa shape index (κ3) is 3.78. The van der Waals surface area contributed by atoms with Crippen molar-refractivity contribution in [3.05, 3.63) is 53.1 Å². The van der Waals surface area contributed by atoms with E-state index >= 15 is 0 Å². The van der Waals surface area contributed by atoms with Gasteiger partial charge in [-0.2, -0.15) is 0 Å². The van der Waals surface area contributed by atoms with E-state index in [4.69, 9.17) is 4.74 Å². The van der Waals surface area contributed by atoms with Gasteiger partial charge in [-0.15, -0.1) is 0 Å². The van der Waals surface area contributed by atoms with Gasteiger partial charge >= 0.3 is 0 Å². The van der Waals surface area contributed by atoms with Gasteiger partial charge in [0.1, 0.15) is 5.75 Å². The molecule has 1 heterocycles. The molecule has 1 aliphatic heterocycles. The Morgan fingerprint density at radius 3 is 2.50 bits per heavy atom. The maximum Gasteiger partial charge on any atom is 0.129 e.